The molecular weight excluding hydrogens is 276 g/mol. The minimum absolute atomic E-state index is 0.186. The second kappa shape index (κ2) is 5.52. The SMILES string of the molecule is Cc1cncc(NC(=O)c2ccc3nc(C)c(C)nc3c2)c1. The number of anilines is 1. The van der Waals surface area contributed by atoms with Gasteiger partial charge in [-0.15, -0.1) is 0 Å². The largest absolute Gasteiger partial charge is 0.321 e. The van der Waals surface area contributed by atoms with E-state index < -0.39 is 0 Å². The van der Waals surface area contributed by atoms with E-state index in [1.54, 1.807) is 24.5 Å². The van der Waals surface area contributed by atoms with Gasteiger partial charge >= 0.3 is 0 Å². The summed E-state index contributed by atoms with van der Waals surface area (Å²) in [6.07, 6.45) is 3.37. The molecule has 1 N–H and O–H groups in total. The lowest BCUT2D eigenvalue weighted by Gasteiger charge is -2.07. The average molecular weight is 292 g/mol. The van der Waals surface area contributed by atoms with Crippen molar-refractivity contribution in [3.63, 3.8) is 0 Å². The molecule has 5 nitrogen and oxygen atoms in total. The van der Waals surface area contributed by atoms with Gasteiger partial charge < -0.3 is 5.32 Å². The van der Waals surface area contributed by atoms with Crippen molar-refractivity contribution in [2.24, 2.45) is 0 Å². The molecule has 0 saturated heterocycles. The highest BCUT2D eigenvalue weighted by molar-refractivity contribution is 6.05. The summed E-state index contributed by atoms with van der Waals surface area (Å²) >= 11 is 0. The predicted octanol–water partition coefficient (Wildman–Crippen LogP) is 3.20. The molecule has 0 atom stereocenters. The van der Waals surface area contributed by atoms with Crippen molar-refractivity contribution in [1.29, 1.82) is 0 Å². The number of carbonyl (C=O) groups is 1. The van der Waals surface area contributed by atoms with Crippen LogP contribution in [0, 0.1) is 20.8 Å². The minimum atomic E-state index is -0.186. The maximum atomic E-state index is 12.3. The highest BCUT2D eigenvalue weighted by Gasteiger charge is 2.09. The fourth-order valence-electron chi connectivity index (χ4n) is 2.20. The molecule has 22 heavy (non-hydrogen) atoms. The van der Waals surface area contributed by atoms with Crippen molar-refractivity contribution in [2.45, 2.75) is 20.8 Å². The Kier molecular flexibility index (Phi) is 3.55. The van der Waals surface area contributed by atoms with Crippen LogP contribution in [0.4, 0.5) is 5.69 Å². The Morgan fingerprint density at radius 1 is 0.955 bits per heavy atom. The number of aryl methyl sites for hydroxylation is 3. The molecular formula is C17H16N4O. The van der Waals surface area contributed by atoms with Gasteiger partial charge in [-0.2, -0.15) is 0 Å². The summed E-state index contributed by atoms with van der Waals surface area (Å²) in [6, 6.07) is 7.20. The third kappa shape index (κ3) is 2.79. The smallest absolute Gasteiger partial charge is 0.255 e. The molecule has 0 spiro atoms. The van der Waals surface area contributed by atoms with Gasteiger partial charge in [0.05, 0.1) is 34.3 Å². The van der Waals surface area contributed by atoms with Crippen molar-refractivity contribution >= 4 is 22.6 Å². The van der Waals surface area contributed by atoms with Gasteiger partial charge in [0.2, 0.25) is 0 Å². The lowest BCUT2D eigenvalue weighted by atomic mass is 10.1. The molecule has 0 radical (unpaired) electrons. The summed E-state index contributed by atoms with van der Waals surface area (Å²) in [7, 11) is 0. The number of rotatable bonds is 2. The zero-order valence-electron chi connectivity index (χ0n) is 12.7. The van der Waals surface area contributed by atoms with Gasteiger partial charge in [0.15, 0.2) is 0 Å². The first-order chi connectivity index (χ1) is 10.5. The van der Waals surface area contributed by atoms with Gasteiger partial charge in [-0.3, -0.25) is 9.78 Å². The highest BCUT2D eigenvalue weighted by Crippen LogP contribution is 2.16. The van der Waals surface area contributed by atoms with Crippen LogP contribution in [0.15, 0.2) is 36.7 Å². The molecule has 3 rings (SSSR count). The molecule has 110 valence electrons. The Bertz CT molecular complexity index is 874. The molecule has 0 aliphatic rings. The summed E-state index contributed by atoms with van der Waals surface area (Å²) in [5, 5.41) is 2.84. The predicted molar refractivity (Wildman–Crippen MR) is 85.9 cm³/mol. The lowest BCUT2D eigenvalue weighted by molar-refractivity contribution is 0.102. The van der Waals surface area contributed by atoms with Crippen LogP contribution in [0.3, 0.4) is 0 Å². The third-order valence-electron chi connectivity index (χ3n) is 3.47. The Morgan fingerprint density at radius 2 is 1.68 bits per heavy atom. The van der Waals surface area contributed by atoms with Crippen molar-refractivity contribution in [3.8, 4) is 0 Å². The van der Waals surface area contributed by atoms with Crippen LogP contribution in [0.1, 0.15) is 27.3 Å². The van der Waals surface area contributed by atoms with E-state index in [4.69, 9.17) is 0 Å². The summed E-state index contributed by atoms with van der Waals surface area (Å²) in [4.78, 5) is 25.4. The van der Waals surface area contributed by atoms with Crippen LogP contribution in [-0.2, 0) is 0 Å². The molecule has 0 fully saturated rings. The zero-order chi connectivity index (χ0) is 15.7. The number of hydrogen-bond acceptors (Lipinski definition) is 4. The van der Waals surface area contributed by atoms with Crippen LogP contribution >= 0.6 is 0 Å². The number of carbonyl (C=O) groups excluding carboxylic acids is 1. The molecule has 0 bridgehead atoms. The van der Waals surface area contributed by atoms with Gasteiger partial charge in [-0.1, -0.05) is 0 Å². The quantitative estimate of drug-likeness (QED) is 0.787. The van der Waals surface area contributed by atoms with E-state index in [2.05, 4.69) is 20.3 Å². The number of benzene rings is 1. The van der Waals surface area contributed by atoms with E-state index in [0.29, 0.717) is 11.3 Å². The van der Waals surface area contributed by atoms with Crippen molar-refractivity contribution in [1.82, 2.24) is 15.0 Å². The fourth-order valence-corrected chi connectivity index (χ4v) is 2.20. The number of nitrogens with zero attached hydrogens (tertiary/aromatic N) is 3. The molecule has 0 aliphatic heterocycles. The van der Waals surface area contributed by atoms with E-state index in [9.17, 15) is 4.79 Å². The Labute approximate surface area is 128 Å². The van der Waals surface area contributed by atoms with Gasteiger partial charge in [0.25, 0.3) is 5.91 Å². The average Bonchev–Trinajstić information content (AvgIpc) is 2.48. The van der Waals surface area contributed by atoms with Crippen molar-refractivity contribution in [3.05, 3.63) is 59.2 Å². The standard InChI is InChI=1S/C17H16N4O/c1-10-6-14(9-18-8-10)21-17(22)13-4-5-15-16(7-13)20-12(3)11(2)19-15/h4-9H,1-3H3,(H,21,22). The number of hydrogen-bond donors (Lipinski definition) is 1. The summed E-state index contributed by atoms with van der Waals surface area (Å²) < 4.78 is 0. The van der Waals surface area contributed by atoms with Gasteiger partial charge in [-0.05, 0) is 50.6 Å². The van der Waals surface area contributed by atoms with Crippen molar-refractivity contribution in [2.75, 3.05) is 5.32 Å². The van der Waals surface area contributed by atoms with Crippen LogP contribution in [-0.4, -0.2) is 20.9 Å². The molecule has 0 saturated carbocycles. The van der Waals surface area contributed by atoms with Gasteiger partial charge in [0, 0.05) is 11.8 Å². The van der Waals surface area contributed by atoms with Gasteiger partial charge in [-0.25, -0.2) is 9.97 Å². The van der Waals surface area contributed by atoms with Crippen molar-refractivity contribution < 1.29 is 4.79 Å². The summed E-state index contributed by atoms with van der Waals surface area (Å²) in [5.74, 6) is -0.186. The Balaban J connectivity index is 1.92. The maximum Gasteiger partial charge on any atom is 0.255 e. The number of aromatic nitrogens is 3. The summed E-state index contributed by atoms with van der Waals surface area (Å²) in [6.45, 7) is 5.76. The first kappa shape index (κ1) is 14.1. The second-order valence-electron chi connectivity index (χ2n) is 5.30. The molecule has 5 heteroatoms. The number of pyridine rings is 1. The molecule has 3 aromatic rings. The van der Waals surface area contributed by atoms with Gasteiger partial charge in [0.1, 0.15) is 0 Å². The number of fused-ring (bicyclic) bond motifs is 1. The second-order valence-corrected chi connectivity index (χ2v) is 5.30. The first-order valence-electron chi connectivity index (χ1n) is 7.01. The highest BCUT2D eigenvalue weighted by atomic mass is 16.1. The maximum absolute atomic E-state index is 12.3. The van der Waals surface area contributed by atoms with E-state index in [-0.39, 0.29) is 5.91 Å². The molecule has 1 amide bonds. The number of amides is 1. The Morgan fingerprint density at radius 3 is 2.41 bits per heavy atom. The number of nitrogens with one attached hydrogen (secondary N) is 1. The van der Waals surface area contributed by atoms with E-state index in [1.165, 1.54) is 0 Å². The van der Waals surface area contributed by atoms with E-state index >= 15 is 0 Å². The lowest BCUT2D eigenvalue weighted by Crippen LogP contribution is -2.12. The topological polar surface area (TPSA) is 67.8 Å². The molecule has 0 aliphatic carbocycles. The normalized spacial score (nSPS) is 10.7. The molecule has 1 aromatic carbocycles. The molecule has 0 unspecified atom stereocenters. The fraction of sp³-hybridized carbons (Fsp3) is 0.176. The zero-order valence-corrected chi connectivity index (χ0v) is 12.7. The Hall–Kier alpha value is -2.82. The van der Waals surface area contributed by atoms with Crippen LogP contribution in [0.2, 0.25) is 0 Å². The van der Waals surface area contributed by atoms with E-state index in [0.717, 1.165) is 28.0 Å². The van der Waals surface area contributed by atoms with E-state index in [1.807, 2.05) is 32.9 Å². The van der Waals surface area contributed by atoms with Crippen LogP contribution in [0.25, 0.3) is 11.0 Å². The molecule has 2 heterocycles. The van der Waals surface area contributed by atoms with Crippen LogP contribution < -0.4 is 5.32 Å². The minimum Gasteiger partial charge on any atom is -0.321 e. The molecule has 2 aromatic heterocycles. The monoisotopic (exact) mass is 292 g/mol. The summed E-state index contributed by atoms with van der Waals surface area (Å²) in [5.41, 5.74) is 5.49. The van der Waals surface area contributed by atoms with Crippen LogP contribution in [0.5, 0.6) is 0 Å². The first-order valence-corrected chi connectivity index (χ1v) is 7.01. The third-order valence-corrected chi connectivity index (χ3v) is 3.47.